The molecule has 0 bridgehead atoms. The Morgan fingerprint density at radius 1 is 1.02 bits per heavy atom. The fourth-order valence-electron chi connectivity index (χ4n) is 5.22. The van der Waals surface area contributed by atoms with Crippen molar-refractivity contribution in [1.82, 2.24) is 19.7 Å². The van der Waals surface area contributed by atoms with Gasteiger partial charge in [0.15, 0.2) is 0 Å². The second-order valence-corrected chi connectivity index (χ2v) is 9.98. The summed E-state index contributed by atoms with van der Waals surface area (Å²) in [5, 5.41) is 17.0. The number of hydrogen-bond donors (Lipinski definition) is 2. The number of aromatic nitrogens is 3. The number of carboxylic acids is 1. The zero-order valence-corrected chi connectivity index (χ0v) is 22.5. The number of fused-ring (bicyclic) bond motifs is 2. The third-order valence-corrected chi connectivity index (χ3v) is 7.34. The number of anilines is 1. The van der Waals surface area contributed by atoms with Gasteiger partial charge in [0.25, 0.3) is 0 Å². The highest BCUT2D eigenvalue weighted by molar-refractivity contribution is 5.95. The molecule has 1 fully saturated rings. The molecule has 0 atom stereocenters. The fraction of sp³-hybridized carbons (Fsp3) is 0.226. The Morgan fingerprint density at radius 3 is 2.56 bits per heavy atom. The number of carboxylic acid groups (broad SMARTS) is 1. The zero-order valence-electron chi connectivity index (χ0n) is 22.5. The van der Waals surface area contributed by atoms with Gasteiger partial charge in [0.2, 0.25) is 0 Å². The van der Waals surface area contributed by atoms with Gasteiger partial charge in [-0.3, -0.25) is 9.48 Å². The fourth-order valence-corrected chi connectivity index (χ4v) is 5.22. The molecule has 5 aromatic rings. The van der Waals surface area contributed by atoms with E-state index in [1.54, 1.807) is 36.2 Å². The van der Waals surface area contributed by atoms with Crippen LogP contribution in [0.5, 0.6) is 5.75 Å². The summed E-state index contributed by atoms with van der Waals surface area (Å²) in [6.07, 6.45) is 1.22. The van der Waals surface area contributed by atoms with Crippen molar-refractivity contribution in [1.29, 1.82) is 0 Å². The second kappa shape index (κ2) is 10.8. The maximum atomic E-state index is 12.2. The lowest BCUT2D eigenvalue weighted by Gasteiger charge is -2.38. The van der Waals surface area contributed by atoms with Gasteiger partial charge < -0.3 is 25.2 Å². The standard InChI is InChI=1S/C31H29N5O5/c1-2-40-31(39)35-16-23(17-35)36-27(18-41-28-6-4-3-5-22(28)15-29(37)38)25-14-21(9-10-26(25)34-36)20-8-7-19-11-12-33-30(32)24(19)13-20/h3-14,23H,2,15-18H2,1H3,(H2,32,33)(H,37,38). The van der Waals surface area contributed by atoms with Crippen LogP contribution in [-0.2, 0) is 22.6 Å². The molecular formula is C31H29N5O5. The highest BCUT2D eigenvalue weighted by Gasteiger charge is 2.35. The molecule has 0 radical (unpaired) electrons. The Balaban J connectivity index is 1.38. The van der Waals surface area contributed by atoms with Crippen LogP contribution in [0, 0.1) is 0 Å². The highest BCUT2D eigenvalue weighted by Crippen LogP contribution is 2.33. The lowest BCUT2D eigenvalue weighted by Crippen LogP contribution is -2.51. The number of benzene rings is 3. The number of nitrogen functional groups attached to an aromatic ring is 1. The molecule has 1 amide bonds. The Labute approximate surface area is 235 Å². The average molecular weight is 552 g/mol. The zero-order chi connectivity index (χ0) is 28.5. The lowest BCUT2D eigenvalue weighted by atomic mass is 10.00. The molecule has 208 valence electrons. The van der Waals surface area contributed by atoms with Gasteiger partial charge >= 0.3 is 12.1 Å². The van der Waals surface area contributed by atoms with Gasteiger partial charge in [-0.2, -0.15) is 5.10 Å². The van der Waals surface area contributed by atoms with Gasteiger partial charge in [0.1, 0.15) is 18.2 Å². The topological polar surface area (TPSA) is 133 Å². The molecule has 1 aliphatic rings. The number of likely N-dealkylation sites (tertiary alicyclic amines) is 1. The smallest absolute Gasteiger partial charge is 0.409 e. The van der Waals surface area contributed by atoms with E-state index in [1.807, 2.05) is 41.1 Å². The summed E-state index contributed by atoms with van der Waals surface area (Å²) < 4.78 is 13.3. The molecule has 0 saturated carbocycles. The van der Waals surface area contributed by atoms with Crippen LogP contribution < -0.4 is 10.5 Å². The van der Waals surface area contributed by atoms with Crippen molar-refractivity contribution in [2.24, 2.45) is 0 Å². The Hall–Kier alpha value is -5.12. The van der Waals surface area contributed by atoms with E-state index in [0.29, 0.717) is 36.8 Å². The third kappa shape index (κ3) is 5.11. The van der Waals surface area contributed by atoms with Crippen LogP contribution in [0.1, 0.15) is 24.2 Å². The summed E-state index contributed by atoms with van der Waals surface area (Å²) in [5.74, 6) is 0.0515. The third-order valence-electron chi connectivity index (χ3n) is 7.34. The van der Waals surface area contributed by atoms with Crippen LogP contribution in [-0.4, -0.2) is 56.5 Å². The number of hydrogen-bond acceptors (Lipinski definition) is 7. The van der Waals surface area contributed by atoms with Gasteiger partial charge in [-0.25, -0.2) is 9.78 Å². The monoisotopic (exact) mass is 551 g/mol. The number of carbonyl (C=O) groups excluding carboxylic acids is 1. The average Bonchev–Trinajstić information content (AvgIpc) is 3.29. The van der Waals surface area contributed by atoms with Crippen molar-refractivity contribution >= 4 is 39.6 Å². The Kier molecular flexibility index (Phi) is 6.88. The number of nitrogens with zero attached hydrogens (tertiary/aromatic N) is 4. The van der Waals surface area contributed by atoms with Crippen molar-refractivity contribution in [3.63, 3.8) is 0 Å². The van der Waals surface area contributed by atoms with Gasteiger partial charge in [0, 0.05) is 35.6 Å². The lowest BCUT2D eigenvalue weighted by molar-refractivity contribution is -0.136. The number of ether oxygens (including phenoxy) is 2. The normalized spacial score (nSPS) is 13.3. The molecule has 0 unspecified atom stereocenters. The minimum Gasteiger partial charge on any atom is -0.487 e. The summed E-state index contributed by atoms with van der Waals surface area (Å²) in [6.45, 7) is 3.21. The molecule has 1 saturated heterocycles. The molecule has 41 heavy (non-hydrogen) atoms. The van der Waals surface area contributed by atoms with Crippen molar-refractivity contribution in [2.45, 2.75) is 26.0 Å². The van der Waals surface area contributed by atoms with E-state index >= 15 is 0 Å². The van der Waals surface area contributed by atoms with Crippen molar-refractivity contribution in [2.75, 3.05) is 25.4 Å². The summed E-state index contributed by atoms with van der Waals surface area (Å²) in [7, 11) is 0. The number of para-hydroxylation sites is 1. The molecular weight excluding hydrogens is 522 g/mol. The maximum absolute atomic E-state index is 12.2. The van der Waals surface area contributed by atoms with Crippen molar-refractivity contribution in [3.8, 4) is 16.9 Å². The van der Waals surface area contributed by atoms with E-state index < -0.39 is 5.97 Å². The maximum Gasteiger partial charge on any atom is 0.409 e. The minimum atomic E-state index is -0.930. The van der Waals surface area contributed by atoms with E-state index in [0.717, 1.165) is 38.5 Å². The minimum absolute atomic E-state index is 0.0466. The first-order valence-electron chi connectivity index (χ1n) is 13.4. The van der Waals surface area contributed by atoms with E-state index in [9.17, 15) is 14.7 Å². The molecule has 10 nitrogen and oxygen atoms in total. The predicted octanol–water partition coefficient (Wildman–Crippen LogP) is 5.05. The van der Waals surface area contributed by atoms with Crippen LogP contribution in [0.2, 0.25) is 0 Å². The van der Waals surface area contributed by atoms with Crippen molar-refractivity contribution < 1.29 is 24.2 Å². The first-order chi connectivity index (χ1) is 19.9. The number of rotatable bonds is 8. The largest absolute Gasteiger partial charge is 0.487 e. The molecule has 3 aromatic carbocycles. The first kappa shape index (κ1) is 26.1. The molecule has 0 spiro atoms. The molecule has 10 heteroatoms. The van der Waals surface area contributed by atoms with E-state index in [2.05, 4.69) is 17.1 Å². The van der Waals surface area contributed by atoms with Crippen LogP contribution in [0.15, 0.2) is 72.9 Å². The van der Waals surface area contributed by atoms with E-state index in [-0.39, 0.29) is 25.2 Å². The van der Waals surface area contributed by atoms with Gasteiger partial charge in [-0.05, 0) is 53.8 Å². The molecule has 3 heterocycles. The molecule has 3 N–H and O–H groups in total. The quantitative estimate of drug-likeness (QED) is 0.274. The summed E-state index contributed by atoms with van der Waals surface area (Å²) >= 11 is 0. The highest BCUT2D eigenvalue weighted by atomic mass is 16.6. The number of aliphatic carboxylic acids is 1. The van der Waals surface area contributed by atoms with Crippen LogP contribution in [0.25, 0.3) is 32.8 Å². The number of amides is 1. The number of nitrogens with two attached hydrogens (primary N) is 1. The van der Waals surface area contributed by atoms with Crippen LogP contribution in [0.3, 0.4) is 0 Å². The Bertz CT molecular complexity index is 1780. The molecule has 2 aromatic heterocycles. The van der Waals surface area contributed by atoms with E-state index in [4.69, 9.17) is 20.3 Å². The van der Waals surface area contributed by atoms with Crippen LogP contribution >= 0.6 is 0 Å². The number of pyridine rings is 1. The molecule has 1 aliphatic heterocycles. The molecule has 0 aliphatic carbocycles. The van der Waals surface area contributed by atoms with Gasteiger partial charge in [-0.15, -0.1) is 0 Å². The van der Waals surface area contributed by atoms with E-state index in [1.165, 1.54) is 0 Å². The van der Waals surface area contributed by atoms with Crippen LogP contribution in [0.4, 0.5) is 10.6 Å². The predicted molar refractivity (Wildman–Crippen MR) is 155 cm³/mol. The molecule has 6 rings (SSSR count). The Morgan fingerprint density at radius 2 is 1.78 bits per heavy atom. The number of carbonyl (C=O) groups is 2. The SMILES string of the molecule is CCOC(=O)N1CC(n2nc3ccc(-c4ccc5ccnc(N)c5c4)cc3c2COc2ccccc2CC(=O)O)C1. The first-order valence-corrected chi connectivity index (χ1v) is 13.4. The summed E-state index contributed by atoms with van der Waals surface area (Å²) in [5.41, 5.74) is 10.3. The van der Waals surface area contributed by atoms with Crippen molar-refractivity contribution in [3.05, 3.63) is 84.2 Å². The summed E-state index contributed by atoms with van der Waals surface area (Å²) in [6, 6.07) is 21.2. The van der Waals surface area contributed by atoms with Gasteiger partial charge in [0.05, 0.1) is 30.3 Å². The summed E-state index contributed by atoms with van der Waals surface area (Å²) in [4.78, 5) is 29.5. The van der Waals surface area contributed by atoms with Gasteiger partial charge in [-0.1, -0.05) is 36.4 Å². The second-order valence-electron chi connectivity index (χ2n) is 9.98.